The van der Waals surface area contributed by atoms with E-state index in [1.54, 1.807) is 4.90 Å². The molecule has 1 heterocycles. The van der Waals surface area contributed by atoms with Gasteiger partial charge in [0.15, 0.2) is 4.90 Å². The summed E-state index contributed by atoms with van der Waals surface area (Å²) in [7, 11) is -4.25. The van der Waals surface area contributed by atoms with E-state index in [0.29, 0.717) is 25.9 Å². The molecule has 0 bridgehead atoms. The van der Waals surface area contributed by atoms with E-state index in [9.17, 15) is 22.0 Å². The molecule has 1 fully saturated rings. The van der Waals surface area contributed by atoms with Crippen molar-refractivity contribution in [3.05, 3.63) is 29.8 Å². The van der Waals surface area contributed by atoms with E-state index in [1.807, 2.05) is 0 Å². The Morgan fingerprint density at radius 1 is 1.13 bits per heavy atom. The lowest BCUT2D eigenvalue weighted by atomic mass is 10.2. The Morgan fingerprint density at radius 3 is 2.52 bits per heavy atom. The number of rotatable bonds is 6. The molecule has 1 aliphatic rings. The Morgan fingerprint density at radius 2 is 1.83 bits per heavy atom. The van der Waals surface area contributed by atoms with Crippen LogP contribution in [0.3, 0.4) is 0 Å². The first-order valence-corrected chi connectivity index (χ1v) is 9.11. The van der Waals surface area contributed by atoms with E-state index in [0.717, 1.165) is 37.5 Å². The van der Waals surface area contributed by atoms with Crippen LogP contribution >= 0.6 is 0 Å². The van der Waals surface area contributed by atoms with Crippen LogP contribution in [0, 0.1) is 11.6 Å². The van der Waals surface area contributed by atoms with Crippen molar-refractivity contribution in [1.82, 2.24) is 9.62 Å². The van der Waals surface area contributed by atoms with Crippen LogP contribution in [-0.4, -0.2) is 38.9 Å². The summed E-state index contributed by atoms with van der Waals surface area (Å²) in [6.07, 6.45) is 3.75. The van der Waals surface area contributed by atoms with Crippen molar-refractivity contribution in [1.29, 1.82) is 0 Å². The second kappa shape index (κ2) is 7.83. The average molecular weight is 346 g/mol. The van der Waals surface area contributed by atoms with Crippen LogP contribution < -0.4 is 4.72 Å². The fourth-order valence-electron chi connectivity index (χ4n) is 2.56. The second-order valence-corrected chi connectivity index (χ2v) is 7.20. The number of halogens is 2. The predicted octanol–water partition coefficient (Wildman–Crippen LogP) is 2.04. The average Bonchev–Trinajstić information content (AvgIpc) is 2.68. The fourth-order valence-corrected chi connectivity index (χ4v) is 3.77. The molecule has 23 heavy (non-hydrogen) atoms. The SMILES string of the molecule is O=C1CCCCCN1CCCNS(=O)(=O)c1c(F)cccc1F. The molecule has 0 saturated carbocycles. The van der Waals surface area contributed by atoms with Gasteiger partial charge in [0.2, 0.25) is 15.9 Å². The number of nitrogens with one attached hydrogen (secondary N) is 1. The summed E-state index contributed by atoms with van der Waals surface area (Å²) in [5.74, 6) is -2.18. The molecule has 1 aliphatic heterocycles. The molecular formula is C15H20F2N2O3S. The maximum Gasteiger partial charge on any atom is 0.246 e. The first-order valence-electron chi connectivity index (χ1n) is 7.63. The number of benzene rings is 1. The van der Waals surface area contributed by atoms with E-state index in [-0.39, 0.29) is 12.5 Å². The Bertz CT molecular complexity index is 644. The van der Waals surface area contributed by atoms with Crippen LogP contribution in [-0.2, 0) is 14.8 Å². The number of hydrogen-bond acceptors (Lipinski definition) is 3. The number of amides is 1. The van der Waals surface area contributed by atoms with Crippen LogP contribution in [0.15, 0.2) is 23.1 Å². The van der Waals surface area contributed by atoms with E-state index in [2.05, 4.69) is 4.72 Å². The number of carbonyl (C=O) groups excluding carboxylic acids is 1. The van der Waals surface area contributed by atoms with Gasteiger partial charge in [-0.1, -0.05) is 12.5 Å². The van der Waals surface area contributed by atoms with Crippen LogP contribution in [0.2, 0.25) is 0 Å². The van der Waals surface area contributed by atoms with E-state index in [1.165, 1.54) is 0 Å². The van der Waals surface area contributed by atoms with Crippen molar-refractivity contribution >= 4 is 15.9 Å². The third-order valence-corrected chi connectivity index (χ3v) is 5.27. The van der Waals surface area contributed by atoms with Crippen LogP contribution in [0.1, 0.15) is 32.1 Å². The maximum absolute atomic E-state index is 13.5. The van der Waals surface area contributed by atoms with Gasteiger partial charge in [0, 0.05) is 26.1 Å². The van der Waals surface area contributed by atoms with Gasteiger partial charge in [0.1, 0.15) is 11.6 Å². The van der Waals surface area contributed by atoms with Crippen molar-refractivity contribution < 1.29 is 22.0 Å². The van der Waals surface area contributed by atoms with Gasteiger partial charge in [-0.2, -0.15) is 0 Å². The fraction of sp³-hybridized carbons (Fsp3) is 0.533. The molecule has 1 amide bonds. The van der Waals surface area contributed by atoms with Crippen molar-refractivity contribution in [3.63, 3.8) is 0 Å². The minimum Gasteiger partial charge on any atom is -0.343 e. The quantitative estimate of drug-likeness (QED) is 0.802. The summed E-state index contributed by atoms with van der Waals surface area (Å²) in [6, 6.07) is 2.90. The molecule has 128 valence electrons. The molecule has 0 unspecified atom stereocenters. The van der Waals surface area contributed by atoms with Crippen LogP contribution in [0.25, 0.3) is 0 Å². The number of sulfonamides is 1. The third kappa shape index (κ3) is 4.71. The maximum atomic E-state index is 13.5. The zero-order valence-corrected chi connectivity index (χ0v) is 13.5. The second-order valence-electron chi connectivity index (χ2n) is 5.49. The lowest BCUT2D eigenvalue weighted by Crippen LogP contribution is -2.34. The van der Waals surface area contributed by atoms with Gasteiger partial charge in [-0.3, -0.25) is 4.79 Å². The van der Waals surface area contributed by atoms with Gasteiger partial charge in [-0.15, -0.1) is 0 Å². The highest BCUT2D eigenvalue weighted by Crippen LogP contribution is 2.18. The molecule has 0 aliphatic carbocycles. The number of hydrogen-bond donors (Lipinski definition) is 1. The smallest absolute Gasteiger partial charge is 0.246 e. The van der Waals surface area contributed by atoms with E-state index >= 15 is 0 Å². The first kappa shape index (κ1) is 17.8. The molecular weight excluding hydrogens is 326 g/mol. The largest absolute Gasteiger partial charge is 0.343 e. The molecule has 0 spiro atoms. The van der Waals surface area contributed by atoms with Gasteiger partial charge in [0.25, 0.3) is 0 Å². The number of nitrogens with zero attached hydrogens (tertiary/aromatic N) is 1. The Labute approximate surface area is 134 Å². The summed E-state index contributed by atoms with van der Waals surface area (Å²) in [5, 5.41) is 0. The molecule has 0 aromatic heterocycles. The summed E-state index contributed by atoms with van der Waals surface area (Å²) in [5.41, 5.74) is 0. The molecule has 5 nitrogen and oxygen atoms in total. The van der Waals surface area contributed by atoms with Gasteiger partial charge in [-0.25, -0.2) is 21.9 Å². The summed E-state index contributed by atoms with van der Waals surface area (Å²) in [4.78, 5) is 12.6. The van der Waals surface area contributed by atoms with Crippen molar-refractivity contribution in [2.75, 3.05) is 19.6 Å². The van der Waals surface area contributed by atoms with Crippen LogP contribution in [0.4, 0.5) is 8.78 Å². The molecule has 1 aromatic carbocycles. The number of likely N-dealkylation sites (tertiary alicyclic amines) is 1. The predicted molar refractivity (Wildman–Crippen MR) is 81.2 cm³/mol. The lowest BCUT2D eigenvalue weighted by molar-refractivity contribution is -0.130. The highest BCUT2D eigenvalue weighted by Gasteiger charge is 2.23. The molecule has 1 aromatic rings. The van der Waals surface area contributed by atoms with Gasteiger partial charge >= 0.3 is 0 Å². The van der Waals surface area contributed by atoms with Crippen molar-refractivity contribution in [2.45, 2.75) is 37.0 Å². The van der Waals surface area contributed by atoms with Crippen molar-refractivity contribution in [2.24, 2.45) is 0 Å². The van der Waals surface area contributed by atoms with E-state index in [4.69, 9.17) is 0 Å². The summed E-state index contributed by atoms with van der Waals surface area (Å²) >= 11 is 0. The molecule has 8 heteroatoms. The zero-order chi connectivity index (χ0) is 16.9. The van der Waals surface area contributed by atoms with Gasteiger partial charge in [0.05, 0.1) is 0 Å². The highest BCUT2D eigenvalue weighted by molar-refractivity contribution is 7.89. The van der Waals surface area contributed by atoms with Crippen molar-refractivity contribution in [3.8, 4) is 0 Å². The highest BCUT2D eigenvalue weighted by atomic mass is 32.2. The molecule has 2 rings (SSSR count). The Kier molecular flexibility index (Phi) is 6.06. The minimum atomic E-state index is -4.25. The van der Waals surface area contributed by atoms with E-state index < -0.39 is 26.6 Å². The number of carbonyl (C=O) groups is 1. The summed E-state index contributed by atoms with van der Waals surface area (Å²) in [6.45, 7) is 1.12. The molecule has 0 atom stereocenters. The zero-order valence-electron chi connectivity index (χ0n) is 12.7. The van der Waals surface area contributed by atoms with Gasteiger partial charge < -0.3 is 4.90 Å². The van der Waals surface area contributed by atoms with Gasteiger partial charge in [-0.05, 0) is 31.4 Å². The standard InChI is InChI=1S/C15H20F2N2O3S/c16-12-6-4-7-13(17)15(12)23(21,22)18-9-5-11-19-10-3-1-2-8-14(19)20/h4,6-7,18H,1-3,5,8-11H2. The topological polar surface area (TPSA) is 66.5 Å². The monoisotopic (exact) mass is 346 g/mol. The van der Waals surface area contributed by atoms with Crippen LogP contribution in [0.5, 0.6) is 0 Å². The molecule has 1 N–H and O–H groups in total. The normalized spacial score (nSPS) is 16.4. The molecule has 0 radical (unpaired) electrons. The summed E-state index contributed by atoms with van der Waals surface area (Å²) < 4.78 is 53.2. The molecule has 1 saturated heterocycles. The Balaban J connectivity index is 1.89. The lowest BCUT2D eigenvalue weighted by Gasteiger charge is -2.20. The Hall–Kier alpha value is -1.54. The first-order chi connectivity index (χ1) is 10.9. The minimum absolute atomic E-state index is 0.0138. The third-order valence-electron chi connectivity index (χ3n) is 3.76.